The summed E-state index contributed by atoms with van der Waals surface area (Å²) in [4.78, 5) is 42.6. The van der Waals surface area contributed by atoms with Crippen LogP contribution >= 0.6 is 0 Å². The smallest absolute Gasteiger partial charge is 0.417 e. The zero-order chi connectivity index (χ0) is 14.3. The number of hydrogen-bond acceptors (Lipinski definition) is 6. The monoisotopic (exact) mass is 260 g/mol. The lowest BCUT2D eigenvalue weighted by Crippen LogP contribution is -2.28. The van der Waals surface area contributed by atoms with Crippen LogP contribution in [0.1, 0.15) is 20.8 Å². The topological polar surface area (TPSA) is 107 Å². The molecule has 0 aliphatic heterocycles. The molecule has 7 heteroatoms. The van der Waals surface area contributed by atoms with E-state index in [1.807, 2.05) is 0 Å². The van der Waals surface area contributed by atoms with Gasteiger partial charge >= 0.3 is 17.9 Å². The van der Waals surface area contributed by atoms with Gasteiger partial charge in [0.05, 0.1) is 13.2 Å². The zero-order valence-electron chi connectivity index (χ0n) is 10.5. The molecule has 0 saturated carbocycles. The lowest BCUT2D eigenvalue weighted by atomic mass is 9.98. The molecule has 0 saturated heterocycles. The number of Topliss-reactive ketones (excluding diaryl/α,β-unsaturated/α-hetero) is 1. The molecular formula is C11H16O7. The fourth-order valence-corrected chi connectivity index (χ4v) is 0.962. The van der Waals surface area contributed by atoms with Crippen molar-refractivity contribution in [2.45, 2.75) is 20.8 Å². The Hall–Kier alpha value is -1.92. The van der Waals surface area contributed by atoms with Crippen LogP contribution in [-0.2, 0) is 28.7 Å². The largest absolute Gasteiger partial charge is 0.473 e. The van der Waals surface area contributed by atoms with E-state index in [2.05, 4.69) is 4.74 Å². The van der Waals surface area contributed by atoms with Crippen molar-refractivity contribution in [3.63, 3.8) is 0 Å². The molecule has 0 aromatic rings. The van der Waals surface area contributed by atoms with Crippen molar-refractivity contribution in [1.82, 2.24) is 0 Å². The summed E-state index contributed by atoms with van der Waals surface area (Å²) in [5.74, 6) is -5.11. The first-order valence-electron chi connectivity index (χ1n) is 5.33. The first kappa shape index (κ1) is 16.1. The maximum absolute atomic E-state index is 10.9. The van der Waals surface area contributed by atoms with E-state index in [4.69, 9.17) is 9.84 Å². The van der Waals surface area contributed by atoms with E-state index in [-0.39, 0.29) is 25.0 Å². The van der Waals surface area contributed by atoms with Gasteiger partial charge in [0.15, 0.2) is 0 Å². The van der Waals surface area contributed by atoms with Gasteiger partial charge in [-0.2, -0.15) is 0 Å². The minimum Gasteiger partial charge on any atom is -0.473 e. The summed E-state index contributed by atoms with van der Waals surface area (Å²) >= 11 is 0. The molecule has 1 N–H and O–H groups in total. The van der Waals surface area contributed by atoms with E-state index >= 15 is 0 Å². The number of hydrogen-bond donors (Lipinski definition) is 1. The number of ether oxygens (including phenoxy) is 2. The van der Waals surface area contributed by atoms with Gasteiger partial charge in [-0.1, -0.05) is 13.8 Å². The van der Waals surface area contributed by atoms with Gasteiger partial charge < -0.3 is 14.6 Å². The minimum atomic E-state index is -1.68. The summed E-state index contributed by atoms with van der Waals surface area (Å²) in [7, 11) is 0. The number of carboxylic acid groups (broad SMARTS) is 1. The van der Waals surface area contributed by atoms with Crippen LogP contribution in [0.4, 0.5) is 0 Å². The molecule has 1 unspecified atom stereocenters. The van der Waals surface area contributed by atoms with E-state index < -0.39 is 23.7 Å². The molecule has 7 nitrogen and oxygen atoms in total. The number of carbonyl (C=O) groups is 4. The average molecular weight is 260 g/mol. The molecule has 1 atom stereocenters. The number of esters is 2. The van der Waals surface area contributed by atoms with Gasteiger partial charge in [0.2, 0.25) is 5.78 Å². The van der Waals surface area contributed by atoms with Crippen LogP contribution in [0.3, 0.4) is 0 Å². The molecule has 0 fully saturated rings. The van der Waals surface area contributed by atoms with Crippen molar-refractivity contribution in [3.05, 3.63) is 0 Å². The van der Waals surface area contributed by atoms with E-state index in [1.54, 1.807) is 13.8 Å². The third kappa shape index (κ3) is 5.97. The van der Waals surface area contributed by atoms with Gasteiger partial charge in [0.25, 0.3) is 0 Å². The highest BCUT2D eigenvalue weighted by Crippen LogP contribution is 2.12. The van der Waals surface area contributed by atoms with Crippen molar-refractivity contribution >= 4 is 23.7 Å². The fraction of sp³-hybridized carbons (Fsp3) is 0.636. The Kier molecular flexibility index (Phi) is 6.62. The van der Waals surface area contributed by atoms with Crippen molar-refractivity contribution in [1.29, 1.82) is 0 Å². The molecule has 0 spiro atoms. The Morgan fingerprint density at radius 1 is 1.00 bits per heavy atom. The SMILES string of the molecule is CC(=O)C(=O)OCC(COC(=O)C(=O)O)C(C)C. The van der Waals surface area contributed by atoms with E-state index in [9.17, 15) is 19.2 Å². The van der Waals surface area contributed by atoms with Crippen LogP contribution in [-0.4, -0.2) is 42.0 Å². The second-order valence-corrected chi connectivity index (χ2v) is 4.06. The molecule has 0 bridgehead atoms. The lowest BCUT2D eigenvalue weighted by Gasteiger charge is -2.19. The van der Waals surface area contributed by atoms with Crippen molar-refractivity contribution in [2.24, 2.45) is 11.8 Å². The highest BCUT2D eigenvalue weighted by molar-refractivity contribution is 6.32. The van der Waals surface area contributed by atoms with Crippen LogP contribution in [0.15, 0.2) is 0 Å². The summed E-state index contributed by atoms with van der Waals surface area (Å²) in [5, 5.41) is 8.32. The maximum atomic E-state index is 10.9. The van der Waals surface area contributed by atoms with E-state index in [0.717, 1.165) is 6.92 Å². The number of aliphatic carboxylic acids is 1. The van der Waals surface area contributed by atoms with Gasteiger partial charge in [-0.25, -0.2) is 14.4 Å². The number of ketones is 1. The summed E-state index contributed by atoms with van der Waals surface area (Å²) in [6.07, 6.45) is 0. The average Bonchev–Trinajstić information content (AvgIpc) is 2.27. The first-order chi connectivity index (χ1) is 8.25. The zero-order valence-corrected chi connectivity index (χ0v) is 10.5. The second kappa shape index (κ2) is 7.41. The molecule has 0 aromatic carbocycles. The molecule has 0 aliphatic rings. The first-order valence-corrected chi connectivity index (χ1v) is 5.33. The van der Waals surface area contributed by atoms with Crippen LogP contribution in [0.5, 0.6) is 0 Å². The van der Waals surface area contributed by atoms with Gasteiger partial charge in [-0.05, 0) is 5.92 Å². The van der Waals surface area contributed by atoms with Crippen molar-refractivity contribution in [2.75, 3.05) is 13.2 Å². The molecule has 0 amide bonds. The van der Waals surface area contributed by atoms with Gasteiger partial charge in [-0.15, -0.1) is 0 Å². The highest BCUT2D eigenvalue weighted by atomic mass is 16.6. The van der Waals surface area contributed by atoms with E-state index in [0.29, 0.717) is 0 Å². The Balaban J connectivity index is 4.24. The molecule has 18 heavy (non-hydrogen) atoms. The molecule has 0 rings (SSSR count). The van der Waals surface area contributed by atoms with Crippen LogP contribution in [0, 0.1) is 11.8 Å². The van der Waals surface area contributed by atoms with E-state index in [1.165, 1.54) is 0 Å². The van der Waals surface area contributed by atoms with Crippen LogP contribution in [0.25, 0.3) is 0 Å². The molecule has 0 heterocycles. The summed E-state index contributed by atoms with van der Waals surface area (Å²) < 4.78 is 9.20. The second-order valence-electron chi connectivity index (χ2n) is 4.06. The summed E-state index contributed by atoms with van der Waals surface area (Å²) in [6, 6.07) is 0. The third-order valence-corrected chi connectivity index (χ3v) is 2.26. The lowest BCUT2D eigenvalue weighted by molar-refractivity contribution is -0.166. The van der Waals surface area contributed by atoms with Gasteiger partial charge in [0.1, 0.15) is 0 Å². The quantitative estimate of drug-likeness (QED) is 0.529. The van der Waals surface area contributed by atoms with Crippen LogP contribution < -0.4 is 0 Å². The van der Waals surface area contributed by atoms with Gasteiger partial charge in [-0.3, -0.25) is 4.79 Å². The Morgan fingerprint density at radius 2 is 1.44 bits per heavy atom. The Morgan fingerprint density at radius 3 is 1.78 bits per heavy atom. The molecule has 0 radical (unpaired) electrons. The van der Waals surface area contributed by atoms with Crippen LogP contribution in [0.2, 0.25) is 0 Å². The van der Waals surface area contributed by atoms with Crippen molar-refractivity contribution in [3.8, 4) is 0 Å². The predicted octanol–water partition coefficient (Wildman–Crippen LogP) is 0.0186. The normalized spacial score (nSPS) is 11.8. The highest BCUT2D eigenvalue weighted by Gasteiger charge is 2.21. The Bertz CT molecular complexity index is 315. The summed E-state index contributed by atoms with van der Waals surface area (Å²) in [5.41, 5.74) is 0. The summed E-state index contributed by atoms with van der Waals surface area (Å²) in [6.45, 7) is 4.37. The third-order valence-electron chi connectivity index (χ3n) is 2.26. The fourth-order valence-electron chi connectivity index (χ4n) is 0.962. The standard InChI is InChI=1S/C11H16O7/c1-6(2)8(4-17-10(15)7(3)12)5-18-11(16)9(13)14/h6,8H,4-5H2,1-3H3,(H,13,14). The molecule has 102 valence electrons. The number of rotatable bonds is 6. The number of carboxylic acids is 1. The van der Waals surface area contributed by atoms with Gasteiger partial charge in [0, 0.05) is 12.8 Å². The Labute approximate surface area is 104 Å². The van der Waals surface area contributed by atoms with Crippen molar-refractivity contribution < 1.29 is 33.8 Å². The minimum absolute atomic E-state index is 0.00801. The maximum Gasteiger partial charge on any atom is 0.417 e. The molecule has 0 aromatic heterocycles. The molecular weight excluding hydrogens is 244 g/mol. The molecule has 0 aliphatic carbocycles. The number of carbonyl (C=O) groups excluding carboxylic acids is 3. The predicted molar refractivity (Wildman–Crippen MR) is 58.6 cm³/mol.